The van der Waals surface area contributed by atoms with Crippen LogP contribution in [0.25, 0.3) is 10.9 Å². The van der Waals surface area contributed by atoms with Crippen LogP contribution in [0.15, 0.2) is 42.5 Å². The fourth-order valence-corrected chi connectivity index (χ4v) is 3.40. The summed E-state index contributed by atoms with van der Waals surface area (Å²) in [6.07, 6.45) is 3.34. The van der Waals surface area contributed by atoms with Crippen molar-refractivity contribution in [3.8, 4) is 5.75 Å². The molecule has 0 aliphatic heterocycles. The van der Waals surface area contributed by atoms with Crippen LogP contribution in [0.2, 0.25) is 0 Å². The van der Waals surface area contributed by atoms with E-state index in [9.17, 15) is 0 Å². The number of pyridine rings is 1. The lowest BCUT2D eigenvalue weighted by molar-refractivity contribution is 0.417. The second-order valence-electron chi connectivity index (χ2n) is 6.11. The highest BCUT2D eigenvalue weighted by Gasteiger charge is 2.20. The van der Waals surface area contributed by atoms with E-state index in [1.807, 2.05) is 18.2 Å². The van der Waals surface area contributed by atoms with E-state index in [2.05, 4.69) is 36.5 Å². The van der Waals surface area contributed by atoms with Gasteiger partial charge in [-0.25, -0.2) is 0 Å². The Morgan fingerprint density at radius 1 is 1.09 bits per heavy atom. The van der Waals surface area contributed by atoms with Gasteiger partial charge in [0.1, 0.15) is 5.75 Å². The van der Waals surface area contributed by atoms with Gasteiger partial charge in [-0.1, -0.05) is 23.8 Å². The number of methoxy groups -OCH3 is 1. The van der Waals surface area contributed by atoms with E-state index < -0.39 is 0 Å². The van der Waals surface area contributed by atoms with E-state index in [1.54, 1.807) is 7.11 Å². The third-order valence-electron chi connectivity index (χ3n) is 4.53. The minimum atomic E-state index is 0.858. The van der Waals surface area contributed by atoms with Crippen molar-refractivity contribution in [3.63, 3.8) is 0 Å². The van der Waals surface area contributed by atoms with Crippen LogP contribution in [-0.2, 0) is 12.8 Å². The average molecular weight is 304 g/mol. The number of nitrogens with zero attached hydrogens (tertiary/aromatic N) is 1. The van der Waals surface area contributed by atoms with Gasteiger partial charge in [-0.05, 0) is 56.0 Å². The molecule has 1 N–H and O–H groups in total. The standard InChI is InChI=1S/C20H20N2O/c1-13-10-11-17-15(12-13)20(14-6-5-8-16(14)21-17)22-18-7-3-4-9-19(18)23-2/h3-4,7,9-12H,5-6,8H2,1-2H3,(H,21,22). The number of rotatable bonds is 3. The lowest BCUT2D eigenvalue weighted by Gasteiger charge is -2.17. The molecule has 1 aliphatic rings. The van der Waals surface area contributed by atoms with Crippen LogP contribution in [0.1, 0.15) is 23.2 Å². The Kier molecular flexibility index (Phi) is 3.41. The number of anilines is 2. The van der Waals surface area contributed by atoms with Crippen LogP contribution in [0, 0.1) is 6.92 Å². The van der Waals surface area contributed by atoms with Crippen molar-refractivity contribution in [3.05, 3.63) is 59.3 Å². The Morgan fingerprint density at radius 3 is 2.83 bits per heavy atom. The fourth-order valence-electron chi connectivity index (χ4n) is 3.40. The molecular formula is C20H20N2O. The molecule has 0 saturated carbocycles. The molecule has 3 heteroatoms. The number of aryl methyl sites for hydroxylation is 2. The van der Waals surface area contributed by atoms with Gasteiger partial charge in [0.05, 0.1) is 24.0 Å². The minimum Gasteiger partial charge on any atom is -0.495 e. The third kappa shape index (κ3) is 2.42. The van der Waals surface area contributed by atoms with Crippen LogP contribution in [-0.4, -0.2) is 12.1 Å². The predicted octanol–water partition coefficient (Wildman–Crippen LogP) is 4.78. The highest BCUT2D eigenvalue weighted by atomic mass is 16.5. The zero-order chi connectivity index (χ0) is 15.8. The molecule has 0 atom stereocenters. The molecule has 1 aliphatic carbocycles. The van der Waals surface area contributed by atoms with Crippen molar-refractivity contribution in [1.82, 2.24) is 4.98 Å². The molecule has 0 spiro atoms. The summed E-state index contributed by atoms with van der Waals surface area (Å²) in [5.41, 5.74) is 7.09. The highest BCUT2D eigenvalue weighted by molar-refractivity contribution is 5.96. The van der Waals surface area contributed by atoms with Gasteiger partial charge in [-0.15, -0.1) is 0 Å². The van der Waals surface area contributed by atoms with Crippen LogP contribution in [0.5, 0.6) is 5.75 Å². The molecule has 3 nitrogen and oxygen atoms in total. The maximum atomic E-state index is 5.49. The van der Waals surface area contributed by atoms with Crippen molar-refractivity contribution >= 4 is 22.3 Å². The Hall–Kier alpha value is -2.55. The summed E-state index contributed by atoms with van der Waals surface area (Å²) in [4.78, 5) is 4.87. The molecule has 3 aromatic rings. The maximum absolute atomic E-state index is 5.49. The van der Waals surface area contributed by atoms with Gasteiger partial charge in [0, 0.05) is 11.1 Å². The lowest BCUT2D eigenvalue weighted by Crippen LogP contribution is -2.01. The second-order valence-corrected chi connectivity index (χ2v) is 6.11. The summed E-state index contributed by atoms with van der Waals surface area (Å²) in [6.45, 7) is 2.12. The monoisotopic (exact) mass is 304 g/mol. The van der Waals surface area contributed by atoms with Crippen molar-refractivity contribution in [1.29, 1.82) is 0 Å². The number of hydrogen-bond acceptors (Lipinski definition) is 3. The quantitative estimate of drug-likeness (QED) is 0.756. The van der Waals surface area contributed by atoms with E-state index in [0.29, 0.717) is 0 Å². The summed E-state index contributed by atoms with van der Waals surface area (Å²) in [6, 6.07) is 14.5. The summed E-state index contributed by atoms with van der Waals surface area (Å²) in [5, 5.41) is 4.82. The number of ether oxygens (including phenoxy) is 1. The van der Waals surface area contributed by atoms with Gasteiger partial charge < -0.3 is 10.1 Å². The molecular weight excluding hydrogens is 284 g/mol. The predicted molar refractivity (Wildman–Crippen MR) is 94.8 cm³/mol. The molecule has 2 aromatic carbocycles. The molecule has 0 bridgehead atoms. The second kappa shape index (κ2) is 5.58. The van der Waals surface area contributed by atoms with Crippen molar-refractivity contribution in [2.24, 2.45) is 0 Å². The van der Waals surface area contributed by atoms with Gasteiger partial charge >= 0.3 is 0 Å². The first-order chi connectivity index (χ1) is 11.3. The zero-order valence-corrected chi connectivity index (χ0v) is 13.5. The van der Waals surface area contributed by atoms with E-state index in [0.717, 1.165) is 29.8 Å². The molecule has 4 rings (SSSR count). The molecule has 116 valence electrons. The van der Waals surface area contributed by atoms with Gasteiger partial charge in [0.25, 0.3) is 0 Å². The van der Waals surface area contributed by atoms with Crippen molar-refractivity contribution < 1.29 is 4.74 Å². The zero-order valence-electron chi connectivity index (χ0n) is 13.5. The maximum Gasteiger partial charge on any atom is 0.142 e. The van der Waals surface area contributed by atoms with E-state index in [-0.39, 0.29) is 0 Å². The number of benzene rings is 2. The van der Waals surface area contributed by atoms with E-state index >= 15 is 0 Å². The topological polar surface area (TPSA) is 34.1 Å². The number of aromatic nitrogens is 1. The largest absolute Gasteiger partial charge is 0.495 e. The van der Waals surface area contributed by atoms with Gasteiger partial charge in [0.15, 0.2) is 0 Å². The number of para-hydroxylation sites is 2. The number of fused-ring (bicyclic) bond motifs is 2. The molecule has 0 amide bonds. The molecule has 0 saturated heterocycles. The minimum absolute atomic E-state index is 0.858. The van der Waals surface area contributed by atoms with Crippen molar-refractivity contribution in [2.45, 2.75) is 26.2 Å². The average Bonchev–Trinajstić information content (AvgIpc) is 3.04. The molecule has 0 unspecified atom stereocenters. The highest BCUT2D eigenvalue weighted by Crippen LogP contribution is 2.38. The molecule has 1 heterocycles. The molecule has 0 fully saturated rings. The first kappa shape index (κ1) is 14.1. The first-order valence-corrected chi connectivity index (χ1v) is 8.08. The Morgan fingerprint density at radius 2 is 1.96 bits per heavy atom. The van der Waals surface area contributed by atoms with E-state index in [4.69, 9.17) is 9.72 Å². The van der Waals surface area contributed by atoms with Gasteiger partial charge in [-0.2, -0.15) is 0 Å². The molecule has 0 radical (unpaired) electrons. The molecule has 23 heavy (non-hydrogen) atoms. The third-order valence-corrected chi connectivity index (χ3v) is 4.53. The smallest absolute Gasteiger partial charge is 0.142 e. The van der Waals surface area contributed by atoms with Crippen molar-refractivity contribution in [2.75, 3.05) is 12.4 Å². The fraction of sp³-hybridized carbons (Fsp3) is 0.250. The SMILES string of the molecule is COc1ccccc1Nc1c2c(nc3ccc(C)cc13)CCC2. The summed E-state index contributed by atoms with van der Waals surface area (Å²) >= 11 is 0. The van der Waals surface area contributed by atoms with E-state index in [1.165, 1.54) is 34.3 Å². The van der Waals surface area contributed by atoms with Crippen LogP contribution in [0.4, 0.5) is 11.4 Å². The van der Waals surface area contributed by atoms with Gasteiger partial charge in [0.2, 0.25) is 0 Å². The number of nitrogens with one attached hydrogen (secondary N) is 1. The summed E-state index contributed by atoms with van der Waals surface area (Å²) in [7, 11) is 1.71. The Labute approximate surface area is 136 Å². The van der Waals surface area contributed by atoms with Crippen LogP contribution in [0.3, 0.4) is 0 Å². The normalized spacial score (nSPS) is 13.1. The Bertz CT molecular complexity index is 886. The molecule has 1 aromatic heterocycles. The number of hydrogen-bond donors (Lipinski definition) is 1. The van der Waals surface area contributed by atoms with Crippen LogP contribution < -0.4 is 10.1 Å². The van der Waals surface area contributed by atoms with Crippen LogP contribution >= 0.6 is 0 Å². The summed E-state index contributed by atoms with van der Waals surface area (Å²) in [5.74, 6) is 0.858. The lowest BCUT2D eigenvalue weighted by atomic mass is 10.0. The summed E-state index contributed by atoms with van der Waals surface area (Å²) < 4.78 is 5.49. The van der Waals surface area contributed by atoms with Gasteiger partial charge in [-0.3, -0.25) is 4.98 Å². The Balaban J connectivity index is 1.93. The first-order valence-electron chi connectivity index (χ1n) is 8.08.